The van der Waals surface area contributed by atoms with Gasteiger partial charge in [-0.05, 0) is 35.7 Å². The summed E-state index contributed by atoms with van der Waals surface area (Å²) in [5.74, 6) is 0.671. The molecule has 2 aromatic rings. The number of fused-ring (bicyclic) bond motifs is 1. The van der Waals surface area contributed by atoms with Crippen LogP contribution in [0.3, 0.4) is 0 Å². The highest BCUT2D eigenvalue weighted by Crippen LogP contribution is 2.30. The van der Waals surface area contributed by atoms with Crippen LogP contribution in [0.4, 0.5) is 4.39 Å². The van der Waals surface area contributed by atoms with E-state index in [9.17, 15) is 4.39 Å². The first-order valence-corrected chi connectivity index (χ1v) is 7.37. The minimum absolute atomic E-state index is 0.0237. The molecule has 0 spiro atoms. The quantitative estimate of drug-likeness (QED) is 0.932. The van der Waals surface area contributed by atoms with E-state index >= 15 is 0 Å². The Labute approximate surface area is 125 Å². The van der Waals surface area contributed by atoms with Gasteiger partial charge in [0.05, 0.1) is 0 Å². The van der Waals surface area contributed by atoms with Gasteiger partial charge in [-0.1, -0.05) is 40.2 Å². The third-order valence-corrected chi connectivity index (χ3v) is 4.36. The smallest absolute Gasteiger partial charge is 0.124 e. The molecule has 2 nitrogen and oxygen atoms in total. The van der Waals surface area contributed by atoms with Crippen molar-refractivity contribution in [2.75, 3.05) is 0 Å². The molecule has 3 rings (SSSR count). The van der Waals surface area contributed by atoms with Crippen LogP contribution in [0.25, 0.3) is 0 Å². The zero-order valence-electron chi connectivity index (χ0n) is 10.9. The maximum atomic E-state index is 13.1. The van der Waals surface area contributed by atoms with Crippen molar-refractivity contribution in [1.29, 1.82) is 0 Å². The summed E-state index contributed by atoms with van der Waals surface area (Å²) in [6.45, 7) is 0. The molecule has 2 atom stereocenters. The fourth-order valence-corrected chi connectivity index (χ4v) is 3.03. The fourth-order valence-electron chi connectivity index (χ4n) is 2.52. The molecule has 104 valence electrons. The molecule has 4 heteroatoms. The van der Waals surface area contributed by atoms with Crippen LogP contribution in [0, 0.1) is 5.82 Å². The van der Waals surface area contributed by atoms with Crippen molar-refractivity contribution in [3.8, 4) is 5.75 Å². The summed E-state index contributed by atoms with van der Waals surface area (Å²) in [5.41, 5.74) is 8.46. The van der Waals surface area contributed by atoms with Crippen LogP contribution in [-0.2, 0) is 12.8 Å². The molecule has 2 unspecified atom stereocenters. The van der Waals surface area contributed by atoms with Crippen LogP contribution in [0.1, 0.15) is 11.1 Å². The molecule has 0 aliphatic carbocycles. The van der Waals surface area contributed by atoms with Crippen molar-refractivity contribution in [2.24, 2.45) is 5.73 Å². The molecule has 0 bridgehead atoms. The van der Waals surface area contributed by atoms with Crippen LogP contribution >= 0.6 is 15.9 Å². The predicted molar refractivity (Wildman–Crippen MR) is 80.3 cm³/mol. The number of ether oxygens (including phenoxy) is 1. The van der Waals surface area contributed by atoms with Gasteiger partial charge < -0.3 is 10.5 Å². The van der Waals surface area contributed by atoms with Gasteiger partial charge in [-0.3, -0.25) is 0 Å². The van der Waals surface area contributed by atoms with Crippen molar-refractivity contribution in [3.05, 3.63) is 63.9 Å². The monoisotopic (exact) mass is 335 g/mol. The Balaban J connectivity index is 1.70. The van der Waals surface area contributed by atoms with E-state index in [0.717, 1.165) is 22.2 Å². The number of benzene rings is 2. The highest BCUT2D eigenvalue weighted by Gasteiger charge is 2.28. The molecule has 2 N–H and O–H groups in total. The highest BCUT2D eigenvalue weighted by molar-refractivity contribution is 9.10. The van der Waals surface area contributed by atoms with Crippen LogP contribution in [0.15, 0.2) is 46.9 Å². The number of rotatable bonds is 3. The third kappa shape index (κ3) is 2.72. The number of hydrogen-bond acceptors (Lipinski definition) is 2. The van der Waals surface area contributed by atoms with Crippen molar-refractivity contribution in [2.45, 2.75) is 25.0 Å². The summed E-state index contributed by atoms with van der Waals surface area (Å²) in [4.78, 5) is 0. The molecule has 1 heterocycles. The van der Waals surface area contributed by atoms with Gasteiger partial charge in [0.25, 0.3) is 0 Å². The largest absolute Gasteiger partial charge is 0.488 e. The maximum Gasteiger partial charge on any atom is 0.124 e. The summed E-state index contributed by atoms with van der Waals surface area (Å²) in [7, 11) is 0. The Bertz CT molecular complexity index is 607. The first-order valence-electron chi connectivity index (χ1n) is 6.57. The van der Waals surface area contributed by atoms with Crippen molar-refractivity contribution in [3.63, 3.8) is 0 Å². The molecular weight excluding hydrogens is 321 g/mol. The summed E-state index contributed by atoms with van der Waals surface area (Å²) < 4.78 is 19.7. The topological polar surface area (TPSA) is 35.2 Å². The molecular formula is C16H15BrFNO. The second-order valence-corrected chi connectivity index (χ2v) is 5.93. The molecule has 1 aliphatic heterocycles. The van der Waals surface area contributed by atoms with Gasteiger partial charge in [-0.2, -0.15) is 0 Å². The van der Waals surface area contributed by atoms with E-state index in [-0.39, 0.29) is 18.0 Å². The SMILES string of the molecule is NC(Cc1ccc(F)cc1Br)C1Cc2ccccc2O1. The van der Waals surface area contributed by atoms with Gasteiger partial charge in [0, 0.05) is 16.9 Å². The predicted octanol–water partition coefficient (Wildman–Crippen LogP) is 3.46. The number of halogens is 2. The summed E-state index contributed by atoms with van der Waals surface area (Å²) >= 11 is 3.38. The molecule has 0 aromatic heterocycles. The lowest BCUT2D eigenvalue weighted by Gasteiger charge is -2.19. The first-order chi connectivity index (χ1) is 9.63. The summed E-state index contributed by atoms with van der Waals surface area (Å²) in [6.07, 6.45) is 1.46. The number of para-hydroxylation sites is 1. The van der Waals surface area contributed by atoms with Crippen molar-refractivity contribution < 1.29 is 9.13 Å². The second kappa shape index (κ2) is 5.54. The molecule has 0 radical (unpaired) electrons. The average Bonchev–Trinajstić information content (AvgIpc) is 2.86. The Morgan fingerprint density at radius 2 is 2.10 bits per heavy atom. The number of hydrogen-bond donors (Lipinski definition) is 1. The van der Waals surface area contributed by atoms with Gasteiger partial charge in [-0.25, -0.2) is 4.39 Å². The highest BCUT2D eigenvalue weighted by atomic mass is 79.9. The molecule has 0 fully saturated rings. The molecule has 2 aromatic carbocycles. The Hall–Kier alpha value is -1.39. The lowest BCUT2D eigenvalue weighted by atomic mass is 9.99. The molecule has 0 amide bonds. The molecule has 0 saturated heterocycles. The second-order valence-electron chi connectivity index (χ2n) is 5.07. The Kier molecular flexibility index (Phi) is 3.76. The van der Waals surface area contributed by atoms with Gasteiger partial charge >= 0.3 is 0 Å². The minimum Gasteiger partial charge on any atom is -0.488 e. The Morgan fingerprint density at radius 3 is 2.85 bits per heavy atom. The van der Waals surface area contributed by atoms with E-state index in [1.807, 2.05) is 18.2 Å². The van der Waals surface area contributed by atoms with Crippen LogP contribution in [0.2, 0.25) is 0 Å². The summed E-state index contributed by atoms with van der Waals surface area (Å²) in [5, 5.41) is 0. The Morgan fingerprint density at radius 1 is 1.30 bits per heavy atom. The van der Waals surface area contributed by atoms with Crippen molar-refractivity contribution >= 4 is 15.9 Å². The lowest BCUT2D eigenvalue weighted by molar-refractivity contribution is 0.198. The minimum atomic E-state index is -0.251. The van der Waals surface area contributed by atoms with E-state index in [4.69, 9.17) is 10.5 Å². The zero-order chi connectivity index (χ0) is 14.1. The van der Waals surface area contributed by atoms with Gasteiger partial charge in [0.1, 0.15) is 17.7 Å². The van der Waals surface area contributed by atoms with E-state index in [1.165, 1.54) is 17.7 Å². The third-order valence-electron chi connectivity index (χ3n) is 3.62. The molecule has 0 saturated carbocycles. The van der Waals surface area contributed by atoms with E-state index in [2.05, 4.69) is 22.0 Å². The van der Waals surface area contributed by atoms with Crippen LogP contribution in [-0.4, -0.2) is 12.1 Å². The van der Waals surface area contributed by atoms with Crippen LogP contribution < -0.4 is 10.5 Å². The normalized spacial score (nSPS) is 18.4. The molecule has 20 heavy (non-hydrogen) atoms. The average molecular weight is 336 g/mol. The number of nitrogens with two attached hydrogens (primary N) is 1. The maximum absolute atomic E-state index is 13.1. The molecule has 1 aliphatic rings. The van der Waals surface area contributed by atoms with Crippen LogP contribution in [0.5, 0.6) is 5.75 Å². The van der Waals surface area contributed by atoms with E-state index < -0.39 is 0 Å². The van der Waals surface area contributed by atoms with E-state index in [1.54, 1.807) is 6.07 Å². The summed E-state index contributed by atoms with van der Waals surface area (Å²) in [6, 6.07) is 12.6. The van der Waals surface area contributed by atoms with Crippen molar-refractivity contribution in [1.82, 2.24) is 0 Å². The van der Waals surface area contributed by atoms with E-state index in [0.29, 0.717) is 6.42 Å². The van der Waals surface area contributed by atoms with Gasteiger partial charge in [0.2, 0.25) is 0 Å². The zero-order valence-corrected chi connectivity index (χ0v) is 12.4. The van der Waals surface area contributed by atoms with Gasteiger partial charge in [-0.15, -0.1) is 0 Å². The lowest BCUT2D eigenvalue weighted by Crippen LogP contribution is -2.39. The standard InChI is InChI=1S/C16H15BrFNO/c17-13-9-12(18)6-5-10(13)7-14(19)16-8-11-3-1-2-4-15(11)20-16/h1-6,9,14,16H,7-8,19H2. The fraction of sp³-hybridized carbons (Fsp3) is 0.250. The first kappa shape index (κ1) is 13.6. The van der Waals surface area contributed by atoms with Gasteiger partial charge in [0.15, 0.2) is 0 Å².